The number of aryl methyl sites for hydroxylation is 1. The van der Waals surface area contributed by atoms with E-state index in [4.69, 9.17) is 16.3 Å². The summed E-state index contributed by atoms with van der Waals surface area (Å²) in [5.41, 5.74) is 1.17. The summed E-state index contributed by atoms with van der Waals surface area (Å²) in [7, 11) is 0. The molecule has 1 aromatic rings. The molecular formula is C10H13ClO. The Kier molecular flexibility index (Phi) is 3.42. The van der Waals surface area contributed by atoms with Crippen molar-refractivity contribution in [3.05, 3.63) is 28.8 Å². The first kappa shape index (κ1) is 9.40. The van der Waals surface area contributed by atoms with Crippen LogP contribution < -0.4 is 4.74 Å². The summed E-state index contributed by atoms with van der Waals surface area (Å²) in [6.45, 7) is 4.77. The van der Waals surface area contributed by atoms with Crippen molar-refractivity contribution in [2.75, 3.05) is 6.61 Å². The number of hydrogen-bond donors (Lipinski definition) is 0. The molecule has 0 aromatic heterocycles. The maximum absolute atomic E-state index is 5.84. The van der Waals surface area contributed by atoms with Gasteiger partial charge in [0, 0.05) is 5.02 Å². The van der Waals surface area contributed by atoms with Crippen molar-refractivity contribution in [2.24, 2.45) is 0 Å². The molecule has 1 aromatic carbocycles. The van der Waals surface area contributed by atoms with Crippen molar-refractivity contribution in [3.8, 4) is 5.75 Å². The Morgan fingerprint density at radius 2 is 2.08 bits per heavy atom. The maximum atomic E-state index is 5.84. The quantitative estimate of drug-likeness (QED) is 0.701. The Labute approximate surface area is 78.3 Å². The fourth-order valence-electron chi connectivity index (χ4n) is 1.12. The van der Waals surface area contributed by atoms with Crippen molar-refractivity contribution < 1.29 is 4.74 Å². The van der Waals surface area contributed by atoms with Crippen LogP contribution in [-0.2, 0) is 6.42 Å². The zero-order valence-electron chi connectivity index (χ0n) is 7.43. The Morgan fingerprint density at radius 3 is 2.67 bits per heavy atom. The molecule has 66 valence electrons. The lowest BCUT2D eigenvalue weighted by Gasteiger charge is -2.08. The molecular weight excluding hydrogens is 172 g/mol. The standard InChI is InChI=1S/C10H13ClO/c1-3-8-7-9(11)5-6-10(8)12-4-2/h5-7H,3-4H2,1-2H3. The van der Waals surface area contributed by atoms with E-state index >= 15 is 0 Å². The van der Waals surface area contributed by atoms with E-state index in [0.717, 1.165) is 17.2 Å². The van der Waals surface area contributed by atoms with Gasteiger partial charge in [-0.3, -0.25) is 0 Å². The second-order valence-corrected chi connectivity index (χ2v) is 2.98. The molecule has 0 aliphatic rings. The SMILES string of the molecule is CCOc1ccc(Cl)cc1CC. The van der Waals surface area contributed by atoms with Gasteiger partial charge in [0.2, 0.25) is 0 Å². The smallest absolute Gasteiger partial charge is 0.122 e. The first-order valence-corrected chi connectivity index (χ1v) is 4.57. The molecule has 0 fully saturated rings. The summed E-state index contributed by atoms with van der Waals surface area (Å²) >= 11 is 5.84. The minimum atomic E-state index is 0.703. The van der Waals surface area contributed by atoms with Gasteiger partial charge in [-0.1, -0.05) is 18.5 Å². The van der Waals surface area contributed by atoms with Crippen molar-refractivity contribution in [2.45, 2.75) is 20.3 Å². The predicted molar refractivity (Wildman–Crippen MR) is 52.0 cm³/mol. The number of hydrogen-bond acceptors (Lipinski definition) is 1. The molecule has 0 atom stereocenters. The third-order valence-electron chi connectivity index (χ3n) is 1.70. The predicted octanol–water partition coefficient (Wildman–Crippen LogP) is 3.30. The molecule has 0 saturated heterocycles. The summed E-state index contributed by atoms with van der Waals surface area (Å²) in [5.74, 6) is 0.949. The van der Waals surface area contributed by atoms with Crippen LogP contribution in [0.15, 0.2) is 18.2 Å². The Morgan fingerprint density at radius 1 is 1.33 bits per heavy atom. The van der Waals surface area contributed by atoms with Gasteiger partial charge < -0.3 is 4.74 Å². The molecule has 0 saturated carbocycles. The third kappa shape index (κ3) is 2.15. The molecule has 0 aliphatic carbocycles. The van der Waals surface area contributed by atoms with E-state index in [9.17, 15) is 0 Å². The van der Waals surface area contributed by atoms with Crippen LogP contribution in [0.5, 0.6) is 5.75 Å². The van der Waals surface area contributed by atoms with Gasteiger partial charge in [-0.25, -0.2) is 0 Å². The normalized spacial score (nSPS) is 9.92. The van der Waals surface area contributed by atoms with Gasteiger partial charge in [-0.2, -0.15) is 0 Å². The first-order chi connectivity index (χ1) is 5.77. The van der Waals surface area contributed by atoms with Crippen LogP contribution in [0.2, 0.25) is 5.02 Å². The lowest BCUT2D eigenvalue weighted by Crippen LogP contribution is -1.95. The van der Waals surface area contributed by atoms with Crippen molar-refractivity contribution in [1.29, 1.82) is 0 Å². The van der Waals surface area contributed by atoms with Gasteiger partial charge in [0.25, 0.3) is 0 Å². The lowest BCUT2D eigenvalue weighted by molar-refractivity contribution is 0.337. The summed E-state index contributed by atoms with van der Waals surface area (Å²) in [4.78, 5) is 0. The molecule has 0 amide bonds. The molecule has 0 spiro atoms. The van der Waals surface area contributed by atoms with E-state index in [1.54, 1.807) is 0 Å². The van der Waals surface area contributed by atoms with Gasteiger partial charge in [-0.05, 0) is 37.1 Å². The Balaban J connectivity index is 2.94. The second-order valence-electron chi connectivity index (χ2n) is 2.54. The average molecular weight is 185 g/mol. The van der Waals surface area contributed by atoms with Crippen LogP contribution in [0, 0.1) is 0 Å². The van der Waals surface area contributed by atoms with Crippen molar-refractivity contribution in [1.82, 2.24) is 0 Å². The molecule has 0 heterocycles. The second kappa shape index (κ2) is 4.36. The van der Waals surface area contributed by atoms with Crippen LogP contribution in [0.4, 0.5) is 0 Å². The van der Waals surface area contributed by atoms with Crippen LogP contribution in [0.25, 0.3) is 0 Å². The number of rotatable bonds is 3. The Bertz CT molecular complexity index is 258. The van der Waals surface area contributed by atoms with Crippen LogP contribution >= 0.6 is 11.6 Å². The van der Waals surface area contributed by atoms with Crippen LogP contribution in [0.3, 0.4) is 0 Å². The monoisotopic (exact) mass is 184 g/mol. The average Bonchev–Trinajstić information content (AvgIpc) is 2.08. The molecule has 0 unspecified atom stereocenters. The number of ether oxygens (including phenoxy) is 1. The third-order valence-corrected chi connectivity index (χ3v) is 1.94. The van der Waals surface area contributed by atoms with Gasteiger partial charge in [-0.15, -0.1) is 0 Å². The number of benzene rings is 1. The summed E-state index contributed by atoms with van der Waals surface area (Å²) in [5, 5.41) is 0.773. The van der Waals surface area contributed by atoms with E-state index in [1.807, 2.05) is 25.1 Å². The number of halogens is 1. The molecule has 0 aliphatic heterocycles. The minimum Gasteiger partial charge on any atom is -0.494 e. The maximum Gasteiger partial charge on any atom is 0.122 e. The van der Waals surface area contributed by atoms with E-state index in [0.29, 0.717) is 6.61 Å². The van der Waals surface area contributed by atoms with Gasteiger partial charge in [0.05, 0.1) is 6.61 Å². The lowest BCUT2D eigenvalue weighted by atomic mass is 10.1. The summed E-state index contributed by atoms with van der Waals surface area (Å²) < 4.78 is 5.42. The van der Waals surface area contributed by atoms with E-state index in [-0.39, 0.29) is 0 Å². The zero-order chi connectivity index (χ0) is 8.97. The molecule has 0 radical (unpaired) electrons. The van der Waals surface area contributed by atoms with Crippen LogP contribution in [0.1, 0.15) is 19.4 Å². The van der Waals surface area contributed by atoms with Crippen molar-refractivity contribution in [3.63, 3.8) is 0 Å². The van der Waals surface area contributed by atoms with Gasteiger partial charge in [0.1, 0.15) is 5.75 Å². The van der Waals surface area contributed by atoms with Gasteiger partial charge >= 0.3 is 0 Å². The topological polar surface area (TPSA) is 9.23 Å². The van der Waals surface area contributed by atoms with E-state index < -0.39 is 0 Å². The fourth-order valence-corrected chi connectivity index (χ4v) is 1.32. The first-order valence-electron chi connectivity index (χ1n) is 4.19. The van der Waals surface area contributed by atoms with E-state index in [2.05, 4.69) is 6.92 Å². The largest absolute Gasteiger partial charge is 0.494 e. The highest BCUT2D eigenvalue weighted by Gasteiger charge is 2.00. The Hall–Kier alpha value is -0.690. The molecule has 2 heteroatoms. The highest BCUT2D eigenvalue weighted by molar-refractivity contribution is 6.30. The molecule has 0 N–H and O–H groups in total. The zero-order valence-corrected chi connectivity index (χ0v) is 8.19. The fraction of sp³-hybridized carbons (Fsp3) is 0.400. The molecule has 0 bridgehead atoms. The van der Waals surface area contributed by atoms with Gasteiger partial charge in [0.15, 0.2) is 0 Å². The highest BCUT2D eigenvalue weighted by Crippen LogP contribution is 2.23. The van der Waals surface area contributed by atoms with Crippen molar-refractivity contribution >= 4 is 11.6 Å². The molecule has 1 nitrogen and oxygen atoms in total. The highest BCUT2D eigenvalue weighted by atomic mass is 35.5. The summed E-state index contributed by atoms with van der Waals surface area (Å²) in [6.07, 6.45) is 0.954. The molecule has 1 rings (SSSR count). The van der Waals surface area contributed by atoms with Crippen LogP contribution in [-0.4, -0.2) is 6.61 Å². The molecule has 12 heavy (non-hydrogen) atoms. The minimum absolute atomic E-state index is 0.703. The van der Waals surface area contributed by atoms with E-state index in [1.165, 1.54) is 5.56 Å². The summed E-state index contributed by atoms with van der Waals surface area (Å²) in [6, 6.07) is 5.73.